The fourth-order valence-corrected chi connectivity index (χ4v) is 6.28. The SMILES string of the molecule is CC(C)N1CCN(c2ccc(Nc3ncc4c(n3)NC3(CC(=O)N(C5CCCC5)C3=O)C4)cc2F)CC1. The highest BCUT2D eigenvalue weighted by molar-refractivity contribution is 6.11. The van der Waals surface area contributed by atoms with E-state index in [4.69, 9.17) is 0 Å². The molecule has 1 spiro atoms. The van der Waals surface area contributed by atoms with Crippen LogP contribution in [0.4, 0.5) is 27.5 Å². The predicted octanol–water partition coefficient (Wildman–Crippen LogP) is 3.30. The smallest absolute Gasteiger partial charge is 0.256 e. The zero-order valence-electron chi connectivity index (χ0n) is 21.5. The Hall–Kier alpha value is -3.27. The third-order valence-electron chi connectivity index (χ3n) is 8.34. The van der Waals surface area contributed by atoms with Crippen LogP contribution in [-0.4, -0.2) is 75.4 Å². The van der Waals surface area contributed by atoms with E-state index in [1.807, 2.05) is 6.07 Å². The van der Waals surface area contributed by atoms with E-state index in [0.29, 0.717) is 35.6 Å². The fraction of sp³-hybridized carbons (Fsp3) is 0.556. The van der Waals surface area contributed by atoms with Crippen LogP contribution in [0.5, 0.6) is 0 Å². The highest BCUT2D eigenvalue weighted by atomic mass is 19.1. The number of fused-ring (bicyclic) bond motifs is 1. The highest BCUT2D eigenvalue weighted by Gasteiger charge is 2.56. The Bertz CT molecular complexity index is 1220. The van der Waals surface area contributed by atoms with Crippen LogP contribution < -0.4 is 15.5 Å². The van der Waals surface area contributed by atoms with Crippen molar-refractivity contribution in [3.05, 3.63) is 35.8 Å². The molecule has 10 heteroatoms. The Labute approximate surface area is 216 Å². The summed E-state index contributed by atoms with van der Waals surface area (Å²) in [6, 6.07) is 5.61. The van der Waals surface area contributed by atoms with Crippen LogP contribution in [0.25, 0.3) is 0 Å². The molecule has 196 valence electrons. The lowest BCUT2D eigenvalue weighted by Crippen LogP contribution is -2.49. The second kappa shape index (κ2) is 9.24. The predicted molar refractivity (Wildman–Crippen MR) is 139 cm³/mol. The van der Waals surface area contributed by atoms with Crippen LogP contribution in [0.1, 0.15) is 51.5 Å². The van der Waals surface area contributed by atoms with Gasteiger partial charge in [0, 0.05) is 62.1 Å². The molecule has 3 aliphatic heterocycles. The van der Waals surface area contributed by atoms with E-state index in [2.05, 4.69) is 44.2 Å². The van der Waals surface area contributed by atoms with Gasteiger partial charge in [-0.05, 0) is 44.9 Å². The van der Waals surface area contributed by atoms with Crippen molar-refractivity contribution in [2.75, 3.05) is 41.7 Å². The monoisotopic (exact) mass is 507 g/mol. The van der Waals surface area contributed by atoms with Crippen LogP contribution in [-0.2, 0) is 16.0 Å². The van der Waals surface area contributed by atoms with Crippen molar-refractivity contribution < 1.29 is 14.0 Å². The van der Waals surface area contributed by atoms with Crippen molar-refractivity contribution in [2.24, 2.45) is 0 Å². The van der Waals surface area contributed by atoms with Gasteiger partial charge in [-0.15, -0.1) is 0 Å². The number of hydrogen-bond donors (Lipinski definition) is 2. The summed E-state index contributed by atoms with van der Waals surface area (Å²) in [6.07, 6.45) is 6.10. The largest absolute Gasteiger partial charge is 0.367 e. The number of anilines is 4. The molecule has 1 saturated carbocycles. The first-order valence-electron chi connectivity index (χ1n) is 13.4. The van der Waals surface area contributed by atoms with E-state index in [9.17, 15) is 9.59 Å². The lowest BCUT2D eigenvalue weighted by molar-refractivity contribution is -0.142. The molecule has 1 unspecified atom stereocenters. The first kappa shape index (κ1) is 24.1. The van der Waals surface area contributed by atoms with Crippen molar-refractivity contribution in [3.63, 3.8) is 0 Å². The van der Waals surface area contributed by atoms with E-state index >= 15 is 4.39 Å². The third-order valence-corrected chi connectivity index (χ3v) is 8.34. The topological polar surface area (TPSA) is 93.7 Å². The maximum Gasteiger partial charge on any atom is 0.256 e. The van der Waals surface area contributed by atoms with E-state index in [-0.39, 0.29) is 30.1 Å². The van der Waals surface area contributed by atoms with E-state index < -0.39 is 5.54 Å². The lowest BCUT2D eigenvalue weighted by atomic mass is 9.94. The van der Waals surface area contributed by atoms with Gasteiger partial charge in [-0.2, -0.15) is 4.98 Å². The summed E-state index contributed by atoms with van der Waals surface area (Å²) < 4.78 is 15.0. The van der Waals surface area contributed by atoms with E-state index in [1.165, 1.54) is 11.0 Å². The number of piperazine rings is 1. The quantitative estimate of drug-likeness (QED) is 0.596. The minimum atomic E-state index is -0.970. The zero-order chi connectivity index (χ0) is 25.7. The van der Waals surface area contributed by atoms with Gasteiger partial charge in [0.1, 0.15) is 17.2 Å². The average Bonchev–Trinajstić information content (AvgIpc) is 3.57. The van der Waals surface area contributed by atoms with Gasteiger partial charge < -0.3 is 15.5 Å². The standard InChI is InChI=1S/C27H34FN7O2/c1-17(2)33-9-11-34(12-10-33)22-8-7-19(13-21(22)28)30-26-29-16-18-14-27(32-24(18)31-26)15-23(36)35(25(27)37)20-5-3-4-6-20/h7-8,13,16-17,20H,3-6,9-12,14-15H2,1-2H3,(H2,29,30,31,32). The molecular weight excluding hydrogens is 473 g/mol. The number of imide groups is 1. The normalized spacial score (nSPS) is 24.4. The maximum atomic E-state index is 15.0. The Kier molecular flexibility index (Phi) is 6.01. The first-order chi connectivity index (χ1) is 17.8. The number of benzene rings is 1. The highest BCUT2D eigenvalue weighted by Crippen LogP contribution is 2.41. The molecule has 6 rings (SSSR count). The molecule has 4 heterocycles. The summed E-state index contributed by atoms with van der Waals surface area (Å²) in [4.78, 5) is 41.1. The van der Waals surface area contributed by atoms with Gasteiger partial charge in [-0.1, -0.05) is 12.8 Å². The van der Waals surface area contributed by atoms with Gasteiger partial charge in [0.15, 0.2) is 0 Å². The van der Waals surface area contributed by atoms with Crippen molar-refractivity contribution in [1.29, 1.82) is 0 Å². The van der Waals surface area contributed by atoms with Crippen LogP contribution in [0.2, 0.25) is 0 Å². The third kappa shape index (κ3) is 4.31. The fourth-order valence-electron chi connectivity index (χ4n) is 6.28. The molecule has 1 atom stereocenters. The Morgan fingerprint density at radius 3 is 2.57 bits per heavy atom. The van der Waals surface area contributed by atoms with Crippen LogP contribution in [0, 0.1) is 5.82 Å². The first-order valence-corrected chi connectivity index (χ1v) is 13.4. The Morgan fingerprint density at radius 1 is 1.11 bits per heavy atom. The number of aromatic nitrogens is 2. The van der Waals surface area contributed by atoms with Crippen molar-refractivity contribution in [1.82, 2.24) is 19.8 Å². The molecule has 37 heavy (non-hydrogen) atoms. The van der Waals surface area contributed by atoms with Crippen molar-refractivity contribution in [2.45, 2.75) is 70.0 Å². The molecular formula is C27H34FN7O2. The molecule has 4 aliphatic rings. The van der Waals surface area contributed by atoms with Crippen molar-refractivity contribution >= 4 is 35.0 Å². The van der Waals surface area contributed by atoms with Crippen molar-refractivity contribution in [3.8, 4) is 0 Å². The number of nitrogens with one attached hydrogen (secondary N) is 2. The molecule has 2 amide bonds. The number of hydrogen-bond acceptors (Lipinski definition) is 8. The minimum Gasteiger partial charge on any atom is -0.367 e. The number of amides is 2. The number of rotatable bonds is 5. The van der Waals surface area contributed by atoms with Gasteiger partial charge in [-0.25, -0.2) is 9.37 Å². The minimum absolute atomic E-state index is 0.0187. The molecule has 1 aliphatic carbocycles. The van der Waals surface area contributed by atoms with Gasteiger partial charge in [-0.3, -0.25) is 19.4 Å². The van der Waals surface area contributed by atoms with Gasteiger partial charge in [0.25, 0.3) is 5.91 Å². The molecule has 9 nitrogen and oxygen atoms in total. The Balaban J connectivity index is 1.14. The molecule has 2 aromatic rings. The molecule has 1 aromatic heterocycles. The van der Waals surface area contributed by atoms with Gasteiger partial charge in [0.2, 0.25) is 11.9 Å². The number of likely N-dealkylation sites (tertiary alicyclic amines) is 1. The summed E-state index contributed by atoms with van der Waals surface area (Å²) in [7, 11) is 0. The number of carbonyl (C=O) groups is 2. The summed E-state index contributed by atoms with van der Waals surface area (Å²) >= 11 is 0. The van der Waals surface area contributed by atoms with Gasteiger partial charge in [0.05, 0.1) is 12.1 Å². The van der Waals surface area contributed by atoms with E-state index in [1.54, 1.807) is 12.3 Å². The molecule has 0 radical (unpaired) electrons. The Morgan fingerprint density at radius 2 is 1.86 bits per heavy atom. The number of halogens is 1. The molecule has 2 N–H and O–H groups in total. The lowest BCUT2D eigenvalue weighted by Gasteiger charge is -2.38. The molecule has 2 saturated heterocycles. The van der Waals surface area contributed by atoms with E-state index in [0.717, 1.165) is 57.4 Å². The summed E-state index contributed by atoms with van der Waals surface area (Å²) in [5.41, 5.74) is 0.989. The van der Waals surface area contributed by atoms with Crippen LogP contribution in [0.3, 0.4) is 0 Å². The summed E-state index contributed by atoms with van der Waals surface area (Å²) in [5, 5.41) is 6.34. The van der Waals surface area contributed by atoms with Crippen LogP contribution >= 0.6 is 0 Å². The second-order valence-electron chi connectivity index (χ2n) is 11.0. The zero-order valence-corrected chi connectivity index (χ0v) is 21.5. The maximum absolute atomic E-state index is 15.0. The molecule has 1 aromatic carbocycles. The average molecular weight is 508 g/mol. The molecule has 0 bridgehead atoms. The summed E-state index contributed by atoms with van der Waals surface area (Å²) in [6.45, 7) is 7.79. The second-order valence-corrected chi connectivity index (χ2v) is 11.0. The number of carbonyl (C=O) groups excluding carboxylic acids is 2. The molecule has 3 fully saturated rings. The van der Waals surface area contributed by atoms with Crippen LogP contribution in [0.15, 0.2) is 24.4 Å². The summed E-state index contributed by atoms with van der Waals surface area (Å²) in [5.74, 6) is 0.314. The van der Waals surface area contributed by atoms with Gasteiger partial charge >= 0.3 is 0 Å². The number of nitrogens with zero attached hydrogens (tertiary/aromatic N) is 5.